The van der Waals surface area contributed by atoms with Crippen LogP contribution in [0.1, 0.15) is 55.2 Å². The second-order valence-corrected chi connectivity index (χ2v) is 10.8. The molecule has 1 aromatic carbocycles. The van der Waals surface area contributed by atoms with Crippen molar-refractivity contribution < 1.29 is 23.7 Å². The van der Waals surface area contributed by atoms with Crippen LogP contribution in [0.25, 0.3) is 0 Å². The van der Waals surface area contributed by atoms with Crippen molar-refractivity contribution in [2.75, 3.05) is 53.7 Å². The molecule has 0 bridgehead atoms. The fourth-order valence-electron chi connectivity index (χ4n) is 5.57. The van der Waals surface area contributed by atoms with Gasteiger partial charge in [0.05, 0.1) is 19.1 Å². The summed E-state index contributed by atoms with van der Waals surface area (Å²) in [6.45, 7) is 6.01. The third kappa shape index (κ3) is 7.86. The van der Waals surface area contributed by atoms with E-state index in [1.165, 1.54) is 10.1 Å². The highest BCUT2D eigenvalue weighted by Crippen LogP contribution is 2.39. The number of methoxy groups -OCH3 is 2. The van der Waals surface area contributed by atoms with E-state index in [0.29, 0.717) is 45.3 Å². The Morgan fingerprint density at radius 2 is 1.80 bits per heavy atom. The van der Waals surface area contributed by atoms with Crippen LogP contribution in [-0.4, -0.2) is 75.2 Å². The molecule has 220 valence electrons. The van der Waals surface area contributed by atoms with Crippen LogP contribution in [0.2, 0.25) is 0 Å². The Hall–Kier alpha value is -2.88. The molecule has 0 spiro atoms. The number of hydrogen-bond acceptors (Lipinski definition) is 7. The van der Waals surface area contributed by atoms with Gasteiger partial charge in [-0.1, -0.05) is 6.07 Å². The summed E-state index contributed by atoms with van der Waals surface area (Å²) < 4.78 is 23.9. The minimum Gasteiger partial charge on any atom is -0.492 e. The molecule has 9 heteroatoms. The highest BCUT2D eigenvalue weighted by molar-refractivity contribution is 5.81. The van der Waals surface area contributed by atoms with Gasteiger partial charge in [-0.2, -0.15) is 0 Å². The number of amides is 1. The maximum absolute atomic E-state index is 14.3. The molecule has 40 heavy (non-hydrogen) atoms. The molecule has 1 saturated heterocycles. The van der Waals surface area contributed by atoms with E-state index in [1.54, 1.807) is 33.5 Å². The number of pyridine rings is 1. The van der Waals surface area contributed by atoms with Crippen molar-refractivity contribution in [3.63, 3.8) is 0 Å². The lowest BCUT2D eigenvalue weighted by molar-refractivity contribution is -0.138. The average Bonchev–Trinajstić information content (AvgIpc) is 3.79. The molecule has 2 aromatic rings. The Morgan fingerprint density at radius 3 is 2.52 bits per heavy atom. The highest BCUT2D eigenvalue weighted by atomic mass is 16.5. The number of nitrogens with one attached hydrogen (secondary N) is 1. The van der Waals surface area contributed by atoms with Crippen LogP contribution in [0.5, 0.6) is 11.5 Å². The molecule has 1 aromatic heterocycles. The van der Waals surface area contributed by atoms with Crippen LogP contribution in [0.4, 0.5) is 0 Å². The molecule has 1 saturated carbocycles. The Morgan fingerprint density at radius 1 is 1.02 bits per heavy atom. The predicted molar refractivity (Wildman–Crippen MR) is 154 cm³/mol. The summed E-state index contributed by atoms with van der Waals surface area (Å²) in [6, 6.07) is 8.20. The smallest absolute Gasteiger partial charge is 0.250 e. The summed E-state index contributed by atoms with van der Waals surface area (Å²) in [6.07, 6.45) is 6.33. The molecule has 2 aliphatic rings. The normalized spacial score (nSPS) is 18.9. The largest absolute Gasteiger partial charge is 0.492 e. The number of carbonyl (C=O) groups is 1. The predicted octanol–water partition coefficient (Wildman–Crippen LogP) is 3.27. The van der Waals surface area contributed by atoms with Gasteiger partial charge in [-0.3, -0.25) is 9.59 Å². The van der Waals surface area contributed by atoms with E-state index in [0.717, 1.165) is 55.5 Å². The van der Waals surface area contributed by atoms with E-state index in [4.69, 9.17) is 18.9 Å². The van der Waals surface area contributed by atoms with E-state index in [-0.39, 0.29) is 29.3 Å². The van der Waals surface area contributed by atoms with Crippen LogP contribution in [0.3, 0.4) is 0 Å². The molecule has 0 radical (unpaired) electrons. The van der Waals surface area contributed by atoms with Crippen LogP contribution in [0, 0.1) is 5.92 Å². The lowest BCUT2D eigenvalue weighted by Gasteiger charge is -2.36. The molecule has 1 N–H and O–H groups in total. The molecule has 1 aliphatic carbocycles. The lowest BCUT2D eigenvalue weighted by Crippen LogP contribution is -2.47. The van der Waals surface area contributed by atoms with Gasteiger partial charge in [0.1, 0.15) is 18.1 Å². The van der Waals surface area contributed by atoms with Gasteiger partial charge in [-0.25, -0.2) is 0 Å². The third-order valence-corrected chi connectivity index (χ3v) is 7.74. The molecule has 2 atom stereocenters. The van der Waals surface area contributed by atoms with Gasteiger partial charge < -0.3 is 33.7 Å². The number of ether oxygens (including phenoxy) is 4. The number of aryl methyl sites for hydroxylation is 2. The fraction of sp³-hybridized carbons (Fsp3) is 0.613. The van der Waals surface area contributed by atoms with Crippen molar-refractivity contribution in [3.8, 4) is 11.5 Å². The first-order valence-corrected chi connectivity index (χ1v) is 14.5. The summed E-state index contributed by atoms with van der Waals surface area (Å²) in [5.41, 5.74) is 2.98. The van der Waals surface area contributed by atoms with Gasteiger partial charge in [0.2, 0.25) is 5.91 Å². The van der Waals surface area contributed by atoms with Crippen molar-refractivity contribution in [3.05, 3.63) is 57.5 Å². The second kappa shape index (κ2) is 14.7. The Bertz CT molecular complexity index is 1150. The number of benzene rings is 1. The number of aromatic nitrogens is 1. The van der Waals surface area contributed by atoms with Crippen LogP contribution in [0.15, 0.2) is 35.3 Å². The first-order valence-electron chi connectivity index (χ1n) is 14.5. The van der Waals surface area contributed by atoms with Gasteiger partial charge in [0.15, 0.2) is 0 Å². The van der Waals surface area contributed by atoms with Crippen molar-refractivity contribution in [1.29, 1.82) is 0 Å². The molecule has 2 heterocycles. The highest BCUT2D eigenvalue weighted by Gasteiger charge is 2.41. The Kier molecular flexibility index (Phi) is 11.0. The minimum absolute atomic E-state index is 0.0845. The van der Waals surface area contributed by atoms with E-state index in [1.807, 2.05) is 13.0 Å². The number of rotatable bonds is 15. The Labute approximate surface area is 237 Å². The van der Waals surface area contributed by atoms with Crippen molar-refractivity contribution in [1.82, 2.24) is 14.8 Å². The van der Waals surface area contributed by atoms with Crippen LogP contribution >= 0.6 is 0 Å². The zero-order valence-corrected chi connectivity index (χ0v) is 24.4. The van der Waals surface area contributed by atoms with Crippen molar-refractivity contribution in [2.24, 2.45) is 13.0 Å². The van der Waals surface area contributed by atoms with E-state index in [2.05, 4.69) is 22.3 Å². The quantitative estimate of drug-likeness (QED) is 0.337. The maximum atomic E-state index is 14.3. The number of nitrogens with zero attached hydrogens (tertiary/aromatic N) is 2. The summed E-state index contributed by atoms with van der Waals surface area (Å²) in [5.74, 6) is 1.26. The van der Waals surface area contributed by atoms with Gasteiger partial charge in [0.25, 0.3) is 5.56 Å². The summed E-state index contributed by atoms with van der Waals surface area (Å²) in [7, 11) is 5.10. The van der Waals surface area contributed by atoms with Gasteiger partial charge in [-0.05, 0) is 68.8 Å². The van der Waals surface area contributed by atoms with E-state index in [9.17, 15) is 9.59 Å². The first kappa shape index (κ1) is 30.1. The maximum Gasteiger partial charge on any atom is 0.250 e. The first-order chi connectivity index (χ1) is 19.4. The van der Waals surface area contributed by atoms with Crippen LogP contribution < -0.4 is 20.3 Å². The molecule has 1 aliphatic heterocycles. The number of carbonyl (C=O) groups excluding carboxylic acids is 1. The second-order valence-electron chi connectivity index (χ2n) is 10.8. The summed E-state index contributed by atoms with van der Waals surface area (Å²) in [5, 5.41) is 3.43. The number of piperidine rings is 1. The monoisotopic (exact) mass is 555 g/mol. The average molecular weight is 556 g/mol. The molecular weight excluding hydrogens is 510 g/mol. The zero-order valence-electron chi connectivity index (χ0n) is 24.4. The zero-order chi connectivity index (χ0) is 28.5. The third-order valence-electron chi connectivity index (χ3n) is 7.74. The Balaban J connectivity index is 1.60. The van der Waals surface area contributed by atoms with Crippen LogP contribution in [-0.2, 0) is 34.3 Å². The molecular formula is C31H45N3O6. The molecule has 4 rings (SSSR count). The van der Waals surface area contributed by atoms with Gasteiger partial charge in [-0.15, -0.1) is 0 Å². The number of hydrogen-bond donors (Lipinski definition) is 1. The van der Waals surface area contributed by atoms with Crippen molar-refractivity contribution in [2.45, 2.75) is 57.5 Å². The molecule has 1 amide bonds. The molecule has 2 fully saturated rings. The molecule has 9 nitrogen and oxygen atoms in total. The van der Waals surface area contributed by atoms with E-state index < -0.39 is 0 Å². The minimum atomic E-state index is -0.275. The van der Waals surface area contributed by atoms with Gasteiger partial charge in [0, 0.05) is 70.8 Å². The topological polar surface area (TPSA) is 91.3 Å². The van der Waals surface area contributed by atoms with E-state index >= 15 is 0 Å². The SMILES string of the molecule is CCOc1cn(C)c(=O)cc1C1CCNC[C@@H]1C(=O)N(Cc1cc(CCCOC)cc(OCCOC)c1)C1CC1. The summed E-state index contributed by atoms with van der Waals surface area (Å²) in [4.78, 5) is 29.0. The van der Waals surface area contributed by atoms with Crippen molar-refractivity contribution >= 4 is 5.91 Å². The lowest BCUT2D eigenvalue weighted by atomic mass is 9.80. The standard InChI is InChI=1S/C31H45N3O6/c1-5-39-29-21-33(2)30(35)18-27(29)26-10-11-32-19-28(26)31(36)34(24-8-9-24)20-23-15-22(7-6-12-37-3)16-25(17-23)40-14-13-38-4/h15-18,21,24,26,28,32H,5-14,19-20H2,1-4H3/t26?,28-/m0/s1. The molecule has 1 unspecified atom stereocenters. The van der Waals surface area contributed by atoms with Gasteiger partial charge >= 0.3 is 0 Å². The summed E-state index contributed by atoms with van der Waals surface area (Å²) >= 11 is 0. The fourth-order valence-corrected chi connectivity index (χ4v) is 5.57.